The molecule has 92 valence electrons. The largest absolute Gasteiger partial charge is 0.344 e. The summed E-state index contributed by atoms with van der Waals surface area (Å²) in [5.41, 5.74) is 0. The maximum Gasteiger partial charge on any atom is 0.245 e. The molecule has 0 aromatic carbocycles. The zero-order chi connectivity index (χ0) is 12.3. The molecule has 1 aromatic rings. The highest BCUT2D eigenvalue weighted by atomic mass is 32.1. The smallest absolute Gasteiger partial charge is 0.245 e. The van der Waals surface area contributed by atoms with Crippen molar-refractivity contribution in [3.63, 3.8) is 0 Å². The Morgan fingerprint density at radius 3 is 3.06 bits per heavy atom. The maximum atomic E-state index is 12.1. The number of hydrogen-bond donors (Lipinski definition) is 1. The van der Waals surface area contributed by atoms with Crippen LogP contribution < -0.4 is 5.32 Å². The fraction of sp³-hybridized carbons (Fsp3) is 0.545. The fourth-order valence-corrected chi connectivity index (χ4v) is 2.45. The number of hydrogen-bond acceptors (Lipinski definition) is 4. The number of rotatable bonds is 3. The van der Waals surface area contributed by atoms with Gasteiger partial charge in [0.15, 0.2) is 0 Å². The SMILES string of the molecule is CCC1NC(=O)CCN(Cc2nccs2)C1=O. The quantitative estimate of drug-likeness (QED) is 0.865. The second kappa shape index (κ2) is 5.27. The lowest BCUT2D eigenvalue weighted by molar-refractivity contribution is -0.134. The molecule has 1 fully saturated rings. The van der Waals surface area contributed by atoms with Crippen LogP contribution >= 0.6 is 11.3 Å². The van der Waals surface area contributed by atoms with Gasteiger partial charge in [-0.15, -0.1) is 11.3 Å². The van der Waals surface area contributed by atoms with Gasteiger partial charge in [-0.05, 0) is 6.42 Å². The summed E-state index contributed by atoms with van der Waals surface area (Å²) in [7, 11) is 0. The highest BCUT2D eigenvalue weighted by molar-refractivity contribution is 7.09. The minimum Gasteiger partial charge on any atom is -0.344 e. The molecule has 2 heterocycles. The first-order chi connectivity index (χ1) is 8.20. The van der Waals surface area contributed by atoms with Crippen LogP contribution in [0.5, 0.6) is 0 Å². The third kappa shape index (κ3) is 2.82. The van der Waals surface area contributed by atoms with Crippen LogP contribution in [0, 0.1) is 0 Å². The van der Waals surface area contributed by atoms with Gasteiger partial charge in [0, 0.05) is 24.5 Å². The molecule has 6 heteroatoms. The molecule has 5 nitrogen and oxygen atoms in total. The van der Waals surface area contributed by atoms with Crippen LogP contribution in [-0.2, 0) is 16.1 Å². The van der Waals surface area contributed by atoms with Crippen molar-refractivity contribution in [2.24, 2.45) is 0 Å². The van der Waals surface area contributed by atoms with Crippen molar-refractivity contribution in [3.05, 3.63) is 16.6 Å². The lowest BCUT2D eigenvalue weighted by Crippen LogP contribution is -2.43. The monoisotopic (exact) mass is 253 g/mol. The topological polar surface area (TPSA) is 62.3 Å². The summed E-state index contributed by atoms with van der Waals surface area (Å²) >= 11 is 1.52. The van der Waals surface area contributed by atoms with Crippen molar-refractivity contribution < 1.29 is 9.59 Å². The van der Waals surface area contributed by atoms with Gasteiger partial charge in [0.2, 0.25) is 11.8 Å². The van der Waals surface area contributed by atoms with Crippen LogP contribution in [0.2, 0.25) is 0 Å². The Morgan fingerprint density at radius 2 is 2.41 bits per heavy atom. The lowest BCUT2D eigenvalue weighted by atomic mass is 10.2. The van der Waals surface area contributed by atoms with E-state index in [0.29, 0.717) is 25.9 Å². The molecule has 1 aliphatic rings. The van der Waals surface area contributed by atoms with Gasteiger partial charge in [-0.2, -0.15) is 0 Å². The van der Waals surface area contributed by atoms with Gasteiger partial charge in [-0.3, -0.25) is 9.59 Å². The highest BCUT2D eigenvalue weighted by Crippen LogP contribution is 2.13. The summed E-state index contributed by atoms with van der Waals surface area (Å²) in [5, 5.41) is 5.53. The Hall–Kier alpha value is -1.43. The number of carbonyl (C=O) groups excluding carboxylic acids is 2. The van der Waals surface area contributed by atoms with Gasteiger partial charge in [0.25, 0.3) is 0 Å². The van der Waals surface area contributed by atoms with E-state index in [9.17, 15) is 9.59 Å². The third-order valence-electron chi connectivity index (χ3n) is 2.77. The molecule has 1 saturated heterocycles. The molecule has 1 aromatic heterocycles. The summed E-state index contributed by atoms with van der Waals surface area (Å²) in [5.74, 6) is -0.0552. The second-order valence-electron chi connectivity index (χ2n) is 3.96. The Kier molecular flexibility index (Phi) is 3.73. The van der Waals surface area contributed by atoms with E-state index >= 15 is 0 Å². The van der Waals surface area contributed by atoms with Crippen molar-refractivity contribution >= 4 is 23.2 Å². The van der Waals surface area contributed by atoms with Gasteiger partial charge in [-0.25, -0.2) is 4.98 Å². The van der Waals surface area contributed by atoms with E-state index in [1.54, 1.807) is 11.1 Å². The molecule has 1 unspecified atom stereocenters. The van der Waals surface area contributed by atoms with Crippen molar-refractivity contribution in [1.82, 2.24) is 15.2 Å². The highest BCUT2D eigenvalue weighted by Gasteiger charge is 2.28. The van der Waals surface area contributed by atoms with Crippen LogP contribution in [0.1, 0.15) is 24.8 Å². The molecule has 0 radical (unpaired) electrons. The normalized spacial score (nSPS) is 21.2. The molecule has 0 spiro atoms. The van der Waals surface area contributed by atoms with E-state index in [1.165, 1.54) is 11.3 Å². The molecule has 1 aliphatic heterocycles. The molecule has 1 N–H and O–H groups in total. The van der Waals surface area contributed by atoms with Gasteiger partial charge in [0.05, 0.1) is 6.54 Å². The van der Waals surface area contributed by atoms with E-state index in [4.69, 9.17) is 0 Å². The molecule has 2 rings (SSSR count). The number of aromatic nitrogens is 1. The van der Waals surface area contributed by atoms with Crippen molar-refractivity contribution in [2.75, 3.05) is 6.54 Å². The first-order valence-corrected chi connectivity index (χ1v) is 6.55. The molecular formula is C11H15N3O2S. The Balaban J connectivity index is 2.09. The zero-order valence-electron chi connectivity index (χ0n) is 9.68. The predicted molar refractivity (Wildman–Crippen MR) is 64.4 cm³/mol. The predicted octanol–water partition coefficient (Wildman–Crippen LogP) is 0.770. The lowest BCUT2D eigenvalue weighted by Gasteiger charge is -2.22. The average molecular weight is 253 g/mol. The molecule has 17 heavy (non-hydrogen) atoms. The summed E-state index contributed by atoms with van der Waals surface area (Å²) in [6.07, 6.45) is 2.72. The summed E-state index contributed by atoms with van der Waals surface area (Å²) < 4.78 is 0. The van der Waals surface area contributed by atoms with E-state index in [0.717, 1.165) is 5.01 Å². The zero-order valence-corrected chi connectivity index (χ0v) is 10.5. The number of amides is 2. The number of thiazole rings is 1. The number of nitrogens with one attached hydrogen (secondary N) is 1. The van der Waals surface area contributed by atoms with E-state index < -0.39 is 0 Å². The van der Waals surface area contributed by atoms with Gasteiger partial charge in [0.1, 0.15) is 11.0 Å². The molecule has 0 bridgehead atoms. The Bertz CT molecular complexity index is 405. The molecule has 1 atom stereocenters. The summed E-state index contributed by atoms with van der Waals surface area (Å²) in [6, 6.07) is -0.384. The minimum atomic E-state index is -0.384. The number of nitrogens with zero attached hydrogens (tertiary/aromatic N) is 2. The van der Waals surface area contributed by atoms with Crippen LogP contribution in [0.15, 0.2) is 11.6 Å². The van der Waals surface area contributed by atoms with Crippen molar-refractivity contribution in [2.45, 2.75) is 32.4 Å². The van der Waals surface area contributed by atoms with E-state index in [1.807, 2.05) is 12.3 Å². The molecular weight excluding hydrogens is 238 g/mol. The van der Waals surface area contributed by atoms with E-state index in [-0.39, 0.29) is 17.9 Å². The standard InChI is InChI=1S/C11H15N3O2S/c1-2-8-11(16)14(5-3-9(15)13-8)7-10-12-4-6-17-10/h4,6,8H,2-3,5,7H2,1H3,(H,13,15). The maximum absolute atomic E-state index is 12.1. The van der Waals surface area contributed by atoms with Crippen LogP contribution in [-0.4, -0.2) is 34.3 Å². The van der Waals surface area contributed by atoms with Crippen molar-refractivity contribution in [3.8, 4) is 0 Å². The summed E-state index contributed by atoms with van der Waals surface area (Å²) in [4.78, 5) is 29.5. The van der Waals surface area contributed by atoms with Gasteiger partial charge < -0.3 is 10.2 Å². The summed E-state index contributed by atoms with van der Waals surface area (Å²) in [6.45, 7) is 2.87. The second-order valence-corrected chi connectivity index (χ2v) is 4.94. The fourth-order valence-electron chi connectivity index (χ4n) is 1.82. The van der Waals surface area contributed by atoms with Gasteiger partial charge in [-0.1, -0.05) is 6.92 Å². The van der Waals surface area contributed by atoms with Crippen LogP contribution in [0.25, 0.3) is 0 Å². The minimum absolute atomic E-state index is 0.00597. The average Bonchev–Trinajstić information content (AvgIpc) is 2.78. The molecule has 0 aliphatic carbocycles. The van der Waals surface area contributed by atoms with Crippen molar-refractivity contribution in [1.29, 1.82) is 0 Å². The Labute approximate surface area is 104 Å². The first-order valence-electron chi connectivity index (χ1n) is 5.67. The molecule has 2 amide bonds. The molecule has 0 saturated carbocycles. The van der Waals surface area contributed by atoms with Crippen LogP contribution in [0.3, 0.4) is 0 Å². The van der Waals surface area contributed by atoms with Crippen LogP contribution in [0.4, 0.5) is 0 Å². The number of carbonyl (C=O) groups is 2. The Morgan fingerprint density at radius 1 is 1.59 bits per heavy atom. The first kappa shape index (κ1) is 12.0. The van der Waals surface area contributed by atoms with E-state index in [2.05, 4.69) is 10.3 Å². The third-order valence-corrected chi connectivity index (χ3v) is 3.54. The van der Waals surface area contributed by atoms with Gasteiger partial charge >= 0.3 is 0 Å².